The van der Waals surface area contributed by atoms with Crippen molar-refractivity contribution >= 4 is 11.9 Å². The van der Waals surface area contributed by atoms with Crippen LogP contribution in [0.15, 0.2) is 24.3 Å². The molecule has 3 rings (SSSR count). The lowest BCUT2D eigenvalue weighted by molar-refractivity contribution is -0.143. The van der Waals surface area contributed by atoms with Crippen molar-refractivity contribution < 1.29 is 14.7 Å². The van der Waals surface area contributed by atoms with E-state index < -0.39 is 12.0 Å². The second-order valence-electron chi connectivity index (χ2n) is 7.40. The Kier molecular flexibility index (Phi) is 6.27. The summed E-state index contributed by atoms with van der Waals surface area (Å²) >= 11 is 0. The van der Waals surface area contributed by atoms with Crippen molar-refractivity contribution in [2.75, 3.05) is 39.3 Å². The summed E-state index contributed by atoms with van der Waals surface area (Å²) in [7, 11) is 0. The lowest BCUT2D eigenvalue weighted by atomic mass is 10.1. The molecule has 1 aromatic carbocycles. The maximum absolute atomic E-state index is 12.7. The fourth-order valence-corrected chi connectivity index (χ4v) is 3.98. The van der Waals surface area contributed by atoms with Gasteiger partial charge in [0.25, 0.3) is 0 Å². The zero-order valence-corrected chi connectivity index (χ0v) is 15.6. The van der Waals surface area contributed by atoms with Gasteiger partial charge in [-0.1, -0.05) is 24.3 Å². The average Bonchev–Trinajstić information content (AvgIpc) is 2.95. The first-order valence-electron chi connectivity index (χ1n) is 9.56. The Morgan fingerprint density at radius 2 is 1.88 bits per heavy atom. The normalized spacial score (nSPS) is 22.3. The zero-order chi connectivity index (χ0) is 18.5. The number of benzene rings is 1. The maximum Gasteiger partial charge on any atom is 0.320 e. The van der Waals surface area contributed by atoms with E-state index in [1.807, 2.05) is 9.80 Å². The van der Waals surface area contributed by atoms with Crippen LogP contribution < -0.4 is 0 Å². The topological polar surface area (TPSA) is 64.1 Å². The maximum atomic E-state index is 12.7. The van der Waals surface area contributed by atoms with E-state index in [2.05, 4.69) is 36.1 Å². The minimum Gasteiger partial charge on any atom is -0.480 e. The van der Waals surface area contributed by atoms with Crippen LogP contribution in [0.25, 0.3) is 0 Å². The predicted molar refractivity (Wildman–Crippen MR) is 99.9 cm³/mol. The summed E-state index contributed by atoms with van der Waals surface area (Å²) in [4.78, 5) is 30.1. The quantitative estimate of drug-likeness (QED) is 0.865. The lowest BCUT2D eigenvalue weighted by Gasteiger charge is -2.26. The van der Waals surface area contributed by atoms with Gasteiger partial charge in [-0.25, -0.2) is 0 Å². The smallest absolute Gasteiger partial charge is 0.320 e. The summed E-state index contributed by atoms with van der Waals surface area (Å²) in [6.45, 7) is 7.32. The van der Waals surface area contributed by atoms with Crippen molar-refractivity contribution in [1.29, 1.82) is 0 Å². The SMILES string of the molecule is Cc1ccccc1CN1CCCN(C(=O)CN2CCC[C@H]2C(=O)O)CC1. The van der Waals surface area contributed by atoms with Gasteiger partial charge in [-0.2, -0.15) is 0 Å². The highest BCUT2D eigenvalue weighted by Crippen LogP contribution is 2.18. The third-order valence-electron chi connectivity index (χ3n) is 5.58. The van der Waals surface area contributed by atoms with E-state index >= 15 is 0 Å². The van der Waals surface area contributed by atoms with Gasteiger partial charge in [0.2, 0.25) is 5.91 Å². The standard InChI is InChI=1S/C20H29N3O3/c1-16-6-2-3-7-17(16)14-21-9-5-11-22(13-12-21)19(24)15-23-10-4-8-18(23)20(25)26/h2-3,6-7,18H,4-5,8-15H2,1H3,(H,25,26)/t18-/m0/s1. The molecule has 2 saturated heterocycles. The van der Waals surface area contributed by atoms with Crippen LogP contribution in [0, 0.1) is 6.92 Å². The van der Waals surface area contributed by atoms with Gasteiger partial charge in [0.15, 0.2) is 0 Å². The van der Waals surface area contributed by atoms with Crippen LogP contribution >= 0.6 is 0 Å². The Bertz CT molecular complexity index is 649. The number of nitrogens with zero attached hydrogens (tertiary/aromatic N) is 3. The fourth-order valence-electron chi connectivity index (χ4n) is 3.98. The highest BCUT2D eigenvalue weighted by Gasteiger charge is 2.32. The summed E-state index contributed by atoms with van der Waals surface area (Å²) < 4.78 is 0. The van der Waals surface area contributed by atoms with Crippen molar-refractivity contribution in [3.05, 3.63) is 35.4 Å². The van der Waals surface area contributed by atoms with Gasteiger partial charge in [-0.05, 0) is 43.9 Å². The minimum absolute atomic E-state index is 0.0656. The van der Waals surface area contributed by atoms with E-state index in [9.17, 15) is 14.7 Å². The Labute approximate surface area is 155 Å². The molecule has 0 saturated carbocycles. The van der Waals surface area contributed by atoms with Gasteiger partial charge >= 0.3 is 5.97 Å². The van der Waals surface area contributed by atoms with E-state index in [0.717, 1.165) is 45.6 Å². The summed E-state index contributed by atoms with van der Waals surface area (Å²) in [5, 5.41) is 9.28. The van der Waals surface area contributed by atoms with Crippen molar-refractivity contribution in [3.8, 4) is 0 Å². The summed E-state index contributed by atoms with van der Waals surface area (Å²) in [6, 6.07) is 7.94. The number of hydrogen-bond donors (Lipinski definition) is 1. The highest BCUT2D eigenvalue weighted by molar-refractivity contribution is 5.80. The van der Waals surface area contributed by atoms with E-state index in [4.69, 9.17) is 0 Å². The molecule has 142 valence electrons. The van der Waals surface area contributed by atoms with Gasteiger partial charge in [-0.15, -0.1) is 0 Å². The molecule has 2 fully saturated rings. The van der Waals surface area contributed by atoms with Gasteiger partial charge in [0, 0.05) is 32.7 Å². The molecule has 0 aromatic heterocycles. The molecule has 1 N–H and O–H groups in total. The number of carbonyl (C=O) groups is 2. The van der Waals surface area contributed by atoms with Gasteiger partial charge in [0.05, 0.1) is 6.54 Å². The zero-order valence-electron chi connectivity index (χ0n) is 15.6. The van der Waals surface area contributed by atoms with E-state index in [1.54, 1.807) is 0 Å². The number of likely N-dealkylation sites (tertiary alicyclic amines) is 1. The number of rotatable bonds is 5. The molecule has 6 heteroatoms. The lowest BCUT2D eigenvalue weighted by Crippen LogP contribution is -2.45. The fraction of sp³-hybridized carbons (Fsp3) is 0.600. The molecule has 0 radical (unpaired) electrons. The molecule has 2 aliphatic heterocycles. The monoisotopic (exact) mass is 359 g/mol. The van der Waals surface area contributed by atoms with Gasteiger partial charge in [-0.3, -0.25) is 19.4 Å². The largest absolute Gasteiger partial charge is 0.480 e. The van der Waals surface area contributed by atoms with Crippen LogP contribution in [-0.2, 0) is 16.1 Å². The summed E-state index contributed by atoms with van der Waals surface area (Å²) in [6.07, 6.45) is 2.46. The molecule has 0 unspecified atom stereocenters. The third kappa shape index (κ3) is 4.62. The average molecular weight is 359 g/mol. The van der Waals surface area contributed by atoms with Crippen molar-refractivity contribution in [2.24, 2.45) is 0 Å². The summed E-state index contributed by atoms with van der Waals surface area (Å²) in [5.41, 5.74) is 2.65. The molecule has 2 heterocycles. The number of aliphatic carboxylic acids is 1. The van der Waals surface area contributed by atoms with Gasteiger partial charge in [0.1, 0.15) is 6.04 Å². The van der Waals surface area contributed by atoms with E-state index in [1.165, 1.54) is 11.1 Å². The Morgan fingerprint density at radius 1 is 1.08 bits per heavy atom. The first-order chi connectivity index (χ1) is 12.5. The Balaban J connectivity index is 1.52. The second kappa shape index (κ2) is 8.64. The Hall–Kier alpha value is -1.92. The molecule has 26 heavy (non-hydrogen) atoms. The van der Waals surface area contributed by atoms with Crippen molar-refractivity contribution in [1.82, 2.24) is 14.7 Å². The van der Waals surface area contributed by atoms with Crippen molar-refractivity contribution in [2.45, 2.75) is 38.8 Å². The molecule has 1 amide bonds. The van der Waals surface area contributed by atoms with Crippen LogP contribution in [0.3, 0.4) is 0 Å². The number of amides is 1. The summed E-state index contributed by atoms with van der Waals surface area (Å²) in [5.74, 6) is -0.744. The van der Waals surface area contributed by atoms with Crippen LogP contribution in [0.5, 0.6) is 0 Å². The molecule has 0 spiro atoms. The molecular weight excluding hydrogens is 330 g/mol. The molecule has 0 aliphatic carbocycles. The molecule has 0 bridgehead atoms. The van der Waals surface area contributed by atoms with E-state index in [-0.39, 0.29) is 12.5 Å². The number of carbonyl (C=O) groups excluding carboxylic acids is 1. The van der Waals surface area contributed by atoms with E-state index in [0.29, 0.717) is 13.0 Å². The minimum atomic E-state index is -0.810. The van der Waals surface area contributed by atoms with Crippen LogP contribution in [0.2, 0.25) is 0 Å². The molecule has 2 aliphatic rings. The van der Waals surface area contributed by atoms with Crippen LogP contribution in [0.4, 0.5) is 0 Å². The number of aryl methyl sites for hydroxylation is 1. The molecule has 1 atom stereocenters. The third-order valence-corrected chi connectivity index (χ3v) is 5.58. The first-order valence-corrected chi connectivity index (χ1v) is 9.56. The van der Waals surface area contributed by atoms with Crippen LogP contribution in [0.1, 0.15) is 30.4 Å². The number of hydrogen-bond acceptors (Lipinski definition) is 4. The number of carboxylic acid groups (broad SMARTS) is 1. The molecule has 6 nitrogen and oxygen atoms in total. The second-order valence-corrected chi connectivity index (χ2v) is 7.40. The molecular formula is C20H29N3O3. The van der Waals surface area contributed by atoms with Crippen LogP contribution in [-0.4, -0.2) is 77.0 Å². The highest BCUT2D eigenvalue weighted by atomic mass is 16.4. The van der Waals surface area contributed by atoms with Crippen molar-refractivity contribution in [3.63, 3.8) is 0 Å². The number of carboxylic acids is 1. The Morgan fingerprint density at radius 3 is 2.65 bits per heavy atom. The molecule has 1 aromatic rings. The van der Waals surface area contributed by atoms with Gasteiger partial charge < -0.3 is 10.0 Å². The predicted octanol–water partition coefficient (Wildman–Crippen LogP) is 1.58. The first kappa shape index (κ1) is 18.9.